The van der Waals surface area contributed by atoms with Gasteiger partial charge in [0, 0.05) is 24.6 Å². The van der Waals surface area contributed by atoms with Crippen molar-refractivity contribution < 1.29 is 19.4 Å². The first-order chi connectivity index (χ1) is 17.4. The molecule has 1 N–H and O–H groups in total. The molecule has 2 heterocycles. The molecule has 0 aliphatic carbocycles. The molecule has 5 rings (SSSR count). The lowest BCUT2D eigenvalue weighted by molar-refractivity contribution is -0.117. The van der Waals surface area contributed by atoms with Gasteiger partial charge in [0.1, 0.15) is 30.0 Å². The number of aryl methyl sites for hydroxylation is 2. The zero-order valence-corrected chi connectivity index (χ0v) is 20.8. The molecule has 1 fully saturated rings. The van der Waals surface area contributed by atoms with Gasteiger partial charge in [-0.25, -0.2) is 4.98 Å². The monoisotopic (exact) mass is 485 g/mol. The van der Waals surface area contributed by atoms with Crippen LogP contribution in [0.4, 0.5) is 5.69 Å². The molecule has 1 saturated heterocycles. The smallest absolute Gasteiger partial charge is 0.227 e. The summed E-state index contributed by atoms with van der Waals surface area (Å²) in [5, 5.41) is 10.9. The fourth-order valence-electron chi connectivity index (χ4n) is 4.96. The number of carbonyl (C=O) groups is 1. The molecule has 1 aliphatic heterocycles. The molecule has 2 atom stereocenters. The first kappa shape index (κ1) is 23.9. The number of aromatic nitrogens is 2. The zero-order chi connectivity index (χ0) is 25.2. The molecule has 0 saturated carbocycles. The summed E-state index contributed by atoms with van der Waals surface area (Å²) in [4.78, 5) is 19.7. The number of carbonyl (C=O) groups excluding carboxylic acids is 1. The molecule has 0 bridgehead atoms. The SMILES string of the molecule is COc1ccc(N2C[C@@H](c3nc4ccccc4n3C[C@@H](O)COc3cc(C)cc(C)c3)CC2=O)cc1. The second-order valence-electron chi connectivity index (χ2n) is 9.46. The summed E-state index contributed by atoms with van der Waals surface area (Å²) in [6.45, 7) is 5.07. The van der Waals surface area contributed by atoms with Crippen molar-refractivity contribution in [2.75, 3.05) is 25.2 Å². The van der Waals surface area contributed by atoms with E-state index in [4.69, 9.17) is 14.5 Å². The number of fused-ring (bicyclic) bond motifs is 1. The summed E-state index contributed by atoms with van der Waals surface area (Å²) >= 11 is 0. The highest BCUT2D eigenvalue weighted by atomic mass is 16.5. The average Bonchev–Trinajstić information content (AvgIpc) is 3.43. The van der Waals surface area contributed by atoms with E-state index < -0.39 is 6.10 Å². The largest absolute Gasteiger partial charge is 0.497 e. The fourth-order valence-corrected chi connectivity index (χ4v) is 4.96. The zero-order valence-electron chi connectivity index (χ0n) is 20.8. The maximum Gasteiger partial charge on any atom is 0.227 e. The van der Waals surface area contributed by atoms with Crippen LogP contribution in [0.2, 0.25) is 0 Å². The minimum Gasteiger partial charge on any atom is -0.497 e. The lowest BCUT2D eigenvalue weighted by Gasteiger charge is -2.19. The van der Waals surface area contributed by atoms with E-state index in [1.165, 1.54) is 0 Å². The Kier molecular flexibility index (Phi) is 6.65. The maximum absolute atomic E-state index is 13.0. The number of benzene rings is 3. The lowest BCUT2D eigenvalue weighted by Crippen LogP contribution is -2.26. The van der Waals surface area contributed by atoms with Crippen LogP contribution in [0, 0.1) is 13.8 Å². The van der Waals surface area contributed by atoms with Gasteiger partial charge in [0.25, 0.3) is 0 Å². The standard InChI is InChI=1S/C29H31N3O4/c1-19-12-20(2)14-25(13-19)36-18-23(33)17-32-27-7-5-4-6-26(27)30-29(32)21-15-28(34)31(16-21)22-8-10-24(35-3)11-9-22/h4-14,21,23,33H,15-18H2,1-3H3/t21-,23+/m0/s1. The van der Waals surface area contributed by atoms with Crippen LogP contribution in [0.3, 0.4) is 0 Å². The van der Waals surface area contributed by atoms with Gasteiger partial charge < -0.3 is 24.0 Å². The van der Waals surface area contributed by atoms with Gasteiger partial charge in [-0.05, 0) is 73.5 Å². The predicted octanol–water partition coefficient (Wildman–Crippen LogP) is 4.62. The van der Waals surface area contributed by atoms with Gasteiger partial charge in [-0.15, -0.1) is 0 Å². The Morgan fingerprint density at radius 3 is 2.47 bits per heavy atom. The van der Waals surface area contributed by atoms with E-state index in [0.717, 1.165) is 45.2 Å². The molecule has 186 valence electrons. The summed E-state index contributed by atoms with van der Waals surface area (Å²) in [5.74, 6) is 2.28. The molecule has 0 unspecified atom stereocenters. The number of nitrogens with zero attached hydrogens (tertiary/aromatic N) is 3. The average molecular weight is 486 g/mol. The Hall–Kier alpha value is -3.84. The van der Waals surface area contributed by atoms with E-state index in [1.54, 1.807) is 12.0 Å². The van der Waals surface area contributed by atoms with Crippen molar-refractivity contribution >= 4 is 22.6 Å². The number of hydrogen-bond acceptors (Lipinski definition) is 5. The second-order valence-corrected chi connectivity index (χ2v) is 9.46. The molecule has 0 radical (unpaired) electrons. The number of methoxy groups -OCH3 is 1. The molecule has 1 aromatic heterocycles. The molecule has 0 spiro atoms. The number of amides is 1. The molecule has 36 heavy (non-hydrogen) atoms. The minimum atomic E-state index is -0.739. The molecular weight excluding hydrogens is 454 g/mol. The van der Waals surface area contributed by atoms with E-state index in [9.17, 15) is 9.90 Å². The van der Waals surface area contributed by atoms with E-state index >= 15 is 0 Å². The van der Waals surface area contributed by atoms with Gasteiger partial charge >= 0.3 is 0 Å². The number of para-hydroxylation sites is 2. The Balaban J connectivity index is 1.36. The van der Waals surface area contributed by atoms with Crippen LogP contribution in [-0.2, 0) is 11.3 Å². The third-order valence-electron chi connectivity index (χ3n) is 6.59. The number of ether oxygens (including phenoxy) is 2. The van der Waals surface area contributed by atoms with Gasteiger partial charge in [0.2, 0.25) is 5.91 Å². The number of imidazole rings is 1. The Labute approximate surface area is 210 Å². The first-order valence-electron chi connectivity index (χ1n) is 12.2. The number of aliphatic hydroxyl groups excluding tert-OH is 1. The summed E-state index contributed by atoms with van der Waals surface area (Å²) in [5.41, 5.74) is 4.87. The second kappa shape index (κ2) is 10.0. The number of hydrogen-bond donors (Lipinski definition) is 1. The van der Waals surface area contributed by atoms with Crippen molar-refractivity contribution in [3.8, 4) is 11.5 Å². The van der Waals surface area contributed by atoms with Crippen LogP contribution in [0.5, 0.6) is 11.5 Å². The highest BCUT2D eigenvalue weighted by molar-refractivity contribution is 5.96. The van der Waals surface area contributed by atoms with E-state index in [1.807, 2.05) is 79.1 Å². The molecule has 1 amide bonds. The lowest BCUT2D eigenvalue weighted by atomic mass is 10.1. The molecular formula is C29H31N3O4. The quantitative estimate of drug-likeness (QED) is 0.394. The highest BCUT2D eigenvalue weighted by Crippen LogP contribution is 2.34. The topological polar surface area (TPSA) is 76.8 Å². The van der Waals surface area contributed by atoms with E-state index in [0.29, 0.717) is 19.5 Å². The van der Waals surface area contributed by atoms with Gasteiger partial charge in [-0.2, -0.15) is 0 Å². The van der Waals surface area contributed by atoms with Crippen LogP contribution in [0.25, 0.3) is 11.0 Å². The van der Waals surface area contributed by atoms with Gasteiger partial charge in [-0.3, -0.25) is 4.79 Å². The highest BCUT2D eigenvalue weighted by Gasteiger charge is 2.35. The minimum absolute atomic E-state index is 0.0578. The van der Waals surface area contributed by atoms with Crippen molar-refractivity contribution in [1.82, 2.24) is 9.55 Å². The van der Waals surface area contributed by atoms with Crippen molar-refractivity contribution in [2.24, 2.45) is 0 Å². The van der Waals surface area contributed by atoms with Crippen molar-refractivity contribution in [2.45, 2.75) is 38.8 Å². The normalized spacial score (nSPS) is 16.5. The Bertz CT molecular complexity index is 1360. The Morgan fingerprint density at radius 2 is 1.75 bits per heavy atom. The van der Waals surface area contributed by atoms with Crippen molar-refractivity contribution in [3.63, 3.8) is 0 Å². The predicted molar refractivity (Wildman–Crippen MR) is 140 cm³/mol. The van der Waals surface area contributed by atoms with Crippen LogP contribution in [0.1, 0.15) is 29.3 Å². The van der Waals surface area contributed by atoms with E-state index in [-0.39, 0.29) is 18.4 Å². The molecule has 4 aromatic rings. The number of rotatable bonds is 8. The van der Waals surface area contributed by atoms with Gasteiger partial charge in [0.15, 0.2) is 0 Å². The maximum atomic E-state index is 13.0. The first-order valence-corrected chi connectivity index (χ1v) is 12.2. The fraction of sp³-hybridized carbons (Fsp3) is 0.310. The van der Waals surface area contributed by atoms with Crippen molar-refractivity contribution in [3.05, 3.63) is 83.7 Å². The molecule has 7 nitrogen and oxygen atoms in total. The Morgan fingerprint density at radius 1 is 1.03 bits per heavy atom. The number of aliphatic hydroxyl groups is 1. The van der Waals surface area contributed by atoms with Crippen molar-refractivity contribution in [1.29, 1.82) is 0 Å². The molecule has 3 aromatic carbocycles. The molecule has 7 heteroatoms. The van der Waals surface area contributed by atoms with Crippen LogP contribution >= 0.6 is 0 Å². The van der Waals surface area contributed by atoms with Gasteiger partial charge in [-0.1, -0.05) is 18.2 Å². The van der Waals surface area contributed by atoms with Crippen LogP contribution < -0.4 is 14.4 Å². The number of anilines is 1. The summed E-state index contributed by atoms with van der Waals surface area (Å²) in [6.07, 6.45) is -0.373. The third kappa shape index (κ3) is 4.93. The van der Waals surface area contributed by atoms with Crippen LogP contribution in [0.15, 0.2) is 66.7 Å². The van der Waals surface area contributed by atoms with Gasteiger partial charge in [0.05, 0.1) is 24.7 Å². The third-order valence-corrected chi connectivity index (χ3v) is 6.59. The summed E-state index contributed by atoms with van der Waals surface area (Å²) < 4.78 is 13.2. The summed E-state index contributed by atoms with van der Waals surface area (Å²) in [6, 6.07) is 21.4. The van der Waals surface area contributed by atoms with E-state index in [2.05, 4.69) is 6.07 Å². The summed E-state index contributed by atoms with van der Waals surface area (Å²) in [7, 11) is 1.62. The molecule has 1 aliphatic rings. The van der Waals surface area contributed by atoms with Crippen LogP contribution in [-0.4, -0.2) is 46.9 Å².